The van der Waals surface area contributed by atoms with Gasteiger partial charge in [-0.15, -0.1) is 0 Å². The first-order valence-corrected chi connectivity index (χ1v) is 10.9. The summed E-state index contributed by atoms with van der Waals surface area (Å²) >= 11 is 0. The van der Waals surface area contributed by atoms with E-state index >= 15 is 0 Å². The van der Waals surface area contributed by atoms with Crippen LogP contribution in [0.5, 0.6) is 5.75 Å². The maximum atomic E-state index is 13.0. The molecule has 4 amide bonds. The summed E-state index contributed by atoms with van der Waals surface area (Å²) in [5, 5.41) is 26.1. The zero-order valence-corrected chi connectivity index (χ0v) is 19.4. The number of H-pyrrole nitrogens is 1. The van der Waals surface area contributed by atoms with Crippen molar-refractivity contribution >= 4 is 29.6 Å². The van der Waals surface area contributed by atoms with Gasteiger partial charge < -0.3 is 42.6 Å². The normalized spacial score (nSPS) is 14.1. The number of carboxylic acid groups (broad SMARTS) is 1. The van der Waals surface area contributed by atoms with Crippen LogP contribution in [0.1, 0.15) is 24.6 Å². The number of aromatic amines is 1. The van der Waals surface area contributed by atoms with Crippen LogP contribution in [0.3, 0.4) is 0 Å². The highest BCUT2D eigenvalue weighted by Gasteiger charge is 2.29. The highest BCUT2D eigenvalue weighted by molar-refractivity contribution is 5.95. The molecule has 2 aromatic rings. The average Bonchev–Trinajstić information content (AvgIpc) is 3.32. The number of phenols is 1. The lowest BCUT2D eigenvalue weighted by molar-refractivity contribution is -0.142. The summed E-state index contributed by atoms with van der Waals surface area (Å²) < 4.78 is 0. The van der Waals surface area contributed by atoms with E-state index in [1.807, 2.05) is 0 Å². The molecule has 10 N–H and O–H groups in total. The zero-order chi connectivity index (χ0) is 26.8. The van der Waals surface area contributed by atoms with Gasteiger partial charge in [0.15, 0.2) is 0 Å². The van der Waals surface area contributed by atoms with Crippen molar-refractivity contribution in [3.05, 3.63) is 48.0 Å². The van der Waals surface area contributed by atoms with Gasteiger partial charge in [0.05, 0.1) is 18.8 Å². The van der Waals surface area contributed by atoms with Gasteiger partial charge in [-0.2, -0.15) is 0 Å². The molecule has 0 aliphatic heterocycles. The number of carboxylic acids is 1. The number of phenolic OH excluding ortho intramolecular Hbond substituents is 1. The predicted octanol–water partition coefficient (Wildman–Crippen LogP) is -2.34. The topological polar surface area (TPSA) is 243 Å². The maximum Gasteiger partial charge on any atom is 0.326 e. The van der Waals surface area contributed by atoms with Crippen LogP contribution in [0, 0.1) is 0 Å². The van der Waals surface area contributed by atoms with Gasteiger partial charge in [-0.25, -0.2) is 9.78 Å². The Morgan fingerprint density at radius 3 is 2.17 bits per heavy atom. The lowest BCUT2D eigenvalue weighted by Crippen LogP contribution is -2.57. The van der Waals surface area contributed by atoms with Gasteiger partial charge in [0, 0.05) is 24.7 Å². The number of carbonyl (C=O) groups is 5. The van der Waals surface area contributed by atoms with Gasteiger partial charge >= 0.3 is 5.97 Å². The summed E-state index contributed by atoms with van der Waals surface area (Å²) in [5.74, 6) is -4.42. The smallest absolute Gasteiger partial charge is 0.326 e. The van der Waals surface area contributed by atoms with Gasteiger partial charge in [0.1, 0.15) is 23.9 Å². The second kappa shape index (κ2) is 12.9. The number of nitrogens with two attached hydrogens (primary N) is 2. The van der Waals surface area contributed by atoms with Crippen LogP contribution in [-0.2, 0) is 36.8 Å². The maximum absolute atomic E-state index is 13.0. The molecule has 0 saturated carbocycles. The van der Waals surface area contributed by atoms with Gasteiger partial charge in [-0.05, 0) is 24.6 Å². The molecule has 194 valence electrons. The van der Waals surface area contributed by atoms with Crippen molar-refractivity contribution in [3.63, 3.8) is 0 Å². The molecule has 4 atom stereocenters. The molecule has 4 unspecified atom stereocenters. The minimum Gasteiger partial charge on any atom is -0.508 e. The van der Waals surface area contributed by atoms with Crippen molar-refractivity contribution in [1.82, 2.24) is 25.9 Å². The highest BCUT2D eigenvalue weighted by Crippen LogP contribution is 2.12. The number of benzene rings is 1. The second-order valence-electron chi connectivity index (χ2n) is 8.12. The van der Waals surface area contributed by atoms with Crippen LogP contribution >= 0.6 is 0 Å². The first-order chi connectivity index (χ1) is 17.0. The SMILES string of the molecule is CC(NC(=O)C(Cc1ccc(O)cc1)NC(=O)C(N)CC(N)=O)C(=O)NC(Cc1cnc[nH]1)C(=O)O. The van der Waals surface area contributed by atoms with Crippen molar-refractivity contribution in [1.29, 1.82) is 0 Å². The minimum absolute atomic E-state index is 0.000625. The van der Waals surface area contributed by atoms with Crippen molar-refractivity contribution in [2.45, 2.75) is 50.4 Å². The minimum atomic E-state index is -1.29. The number of nitrogens with one attached hydrogen (secondary N) is 4. The molecule has 0 bridgehead atoms. The number of aromatic hydroxyl groups is 1. The first kappa shape index (κ1) is 27.8. The Hall–Kier alpha value is -4.46. The van der Waals surface area contributed by atoms with Crippen molar-refractivity contribution in [2.24, 2.45) is 11.5 Å². The number of nitrogens with zero attached hydrogens (tertiary/aromatic N) is 1. The van der Waals surface area contributed by atoms with Crippen LogP contribution in [0.2, 0.25) is 0 Å². The molecule has 14 heteroatoms. The monoisotopic (exact) mass is 503 g/mol. The number of aliphatic carboxylic acids is 1. The molecule has 0 radical (unpaired) electrons. The Labute approximate surface area is 205 Å². The molecule has 0 fully saturated rings. The Morgan fingerprint density at radius 1 is 0.972 bits per heavy atom. The van der Waals surface area contributed by atoms with Crippen molar-refractivity contribution in [2.75, 3.05) is 0 Å². The molecule has 0 saturated heterocycles. The third kappa shape index (κ3) is 8.72. The fraction of sp³-hybridized carbons (Fsp3) is 0.364. The van der Waals surface area contributed by atoms with E-state index in [9.17, 15) is 34.2 Å². The van der Waals surface area contributed by atoms with E-state index in [1.54, 1.807) is 0 Å². The largest absolute Gasteiger partial charge is 0.508 e. The average molecular weight is 504 g/mol. The standard InChI is InChI=1S/C22H29N7O7/c1-11(19(32)29-17(22(35)36)7-13-9-25-10-26-13)27-21(34)16(6-12-2-4-14(30)5-3-12)28-20(33)15(23)8-18(24)31/h2-5,9-11,15-17,30H,6-8,23H2,1H3,(H2,24,31)(H,25,26)(H,27,34)(H,28,33)(H,29,32)(H,35,36). The number of carbonyl (C=O) groups excluding carboxylic acids is 4. The Kier molecular flexibility index (Phi) is 9.92. The molecule has 0 aliphatic carbocycles. The molecule has 2 rings (SSSR count). The Morgan fingerprint density at radius 2 is 1.61 bits per heavy atom. The fourth-order valence-corrected chi connectivity index (χ4v) is 3.16. The van der Waals surface area contributed by atoms with Crippen LogP contribution in [0.25, 0.3) is 0 Å². The first-order valence-electron chi connectivity index (χ1n) is 10.9. The zero-order valence-electron chi connectivity index (χ0n) is 19.4. The number of imidazole rings is 1. The fourth-order valence-electron chi connectivity index (χ4n) is 3.16. The van der Waals surface area contributed by atoms with E-state index < -0.39 is 60.2 Å². The van der Waals surface area contributed by atoms with Gasteiger partial charge in [-0.3, -0.25) is 19.2 Å². The molecule has 0 spiro atoms. The van der Waals surface area contributed by atoms with E-state index in [0.29, 0.717) is 11.3 Å². The molecule has 1 heterocycles. The molecular formula is C22H29N7O7. The van der Waals surface area contributed by atoms with Crippen LogP contribution in [-0.4, -0.2) is 73.9 Å². The summed E-state index contributed by atoms with van der Waals surface area (Å²) in [6.07, 6.45) is 2.26. The van der Waals surface area contributed by atoms with E-state index in [0.717, 1.165) is 0 Å². The quantitative estimate of drug-likeness (QED) is 0.146. The van der Waals surface area contributed by atoms with Crippen LogP contribution in [0.4, 0.5) is 0 Å². The second-order valence-corrected chi connectivity index (χ2v) is 8.12. The van der Waals surface area contributed by atoms with Gasteiger partial charge in [0.25, 0.3) is 0 Å². The van der Waals surface area contributed by atoms with Gasteiger partial charge in [-0.1, -0.05) is 12.1 Å². The highest BCUT2D eigenvalue weighted by atomic mass is 16.4. The molecule has 0 aliphatic rings. The number of rotatable bonds is 13. The predicted molar refractivity (Wildman–Crippen MR) is 125 cm³/mol. The molecule has 14 nitrogen and oxygen atoms in total. The van der Waals surface area contributed by atoms with Crippen molar-refractivity contribution < 1.29 is 34.2 Å². The Balaban J connectivity index is 2.09. The molecule has 36 heavy (non-hydrogen) atoms. The van der Waals surface area contributed by atoms with E-state index in [1.165, 1.54) is 43.7 Å². The van der Waals surface area contributed by atoms with Crippen molar-refractivity contribution in [3.8, 4) is 5.75 Å². The number of amides is 4. The molecule has 1 aromatic heterocycles. The molecular weight excluding hydrogens is 474 g/mol. The van der Waals surface area contributed by atoms with E-state index in [4.69, 9.17) is 11.5 Å². The van der Waals surface area contributed by atoms with Gasteiger partial charge in [0.2, 0.25) is 23.6 Å². The van der Waals surface area contributed by atoms with E-state index in [2.05, 4.69) is 25.9 Å². The summed E-state index contributed by atoms with van der Waals surface area (Å²) in [6, 6.07) is 0.909. The third-order valence-corrected chi connectivity index (χ3v) is 5.11. The summed E-state index contributed by atoms with van der Waals surface area (Å²) in [7, 11) is 0. The molecule has 1 aromatic carbocycles. The summed E-state index contributed by atoms with van der Waals surface area (Å²) in [4.78, 5) is 67.2. The summed E-state index contributed by atoms with van der Waals surface area (Å²) in [5.41, 5.74) is 11.8. The summed E-state index contributed by atoms with van der Waals surface area (Å²) in [6.45, 7) is 1.35. The Bertz CT molecular complexity index is 1070. The lowest BCUT2D eigenvalue weighted by atomic mass is 10.0. The van der Waals surface area contributed by atoms with Crippen LogP contribution in [0.15, 0.2) is 36.8 Å². The van der Waals surface area contributed by atoms with E-state index in [-0.39, 0.29) is 18.6 Å². The third-order valence-electron chi connectivity index (χ3n) is 5.11. The number of primary amides is 1. The lowest BCUT2D eigenvalue weighted by Gasteiger charge is -2.23. The van der Waals surface area contributed by atoms with Crippen LogP contribution < -0.4 is 27.4 Å². The number of hydrogen-bond acceptors (Lipinski definition) is 8. The number of hydrogen-bond donors (Lipinski definition) is 8. The number of aromatic nitrogens is 2.